The number of rotatable bonds is 12. The van der Waals surface area contributed by atoms with Crippen molar-refractivity contribution in [2.45, 2.75) is 140 Å². The number of amides is 5. The quantitative estimate of drug-likeness (QED) is 0.252. The monoisotopic (exact) mass is 775 g/mol. The fraction of sp³-hybridized carbons (Fsp3) is 0.614. The number of ether oxygens (including phenoxy) is 1. The van der Waals surface area contributed by atoms with E-state index in [-0.39, 0.29) is 30.1 Å². The Bertz CT molecular complexity index is 1590. The maximum atomic E-state index is 14.3. The summed E-state index contributed by atoms with van der Waals surface area (Å²) in [6.45, 7) is 3.10. The first-order chi connectivity index (χ1) is 27.1. The fourth-order valence-electron chi connectivity index (χ4n) is 8.33. The van der Waals surface area contributed by atoms with Gasteiger partial charge in [-0.1, -0.05) is 94.3 Å². The molecule has 0 bridgehead atoms. The van der Waals surface area contributed by atoms with E-state index in [1.807, 2.05) is 25.1 Å². The van der Waals surface area contributed by atoms with Crippen LogP contribution in [0.5, 0.6) is 0 Å². The number of unbranched alkanes of at least 4 members (excludes halogenated alkanes) is 1. The molecule has 0 unspecified atom stereocenters. The number of nitrogens with one attached hydrogen (secondary N) is 3. The van der Waals surface area contributed by atoms with E-state index in [1.54, 1.807) is 29.0 Å². The minimum Gasteiger partial charge on any atom is -0.368 e. The van der Waals surface area contributed by atoms with E-state index in [4.69, 9.17) is 4.74 Å². The molecule has 3 aliphatic rings. The summed E-state index contributed by atoms with van der Waals surface area (Å²) in [6.07, 6.45) is 10.1. The fourth-order valence-corrected chi connectivity index (χ4v) is 8.33. The minimum atomic E-state index is -1.09. The van der Waals surface area contributed by atoms with Crippen molar-refractivity contribution in [2.24, 2.45) is 5.92 Å². The van der Waals surface area contributed by atoms with Crippen LogP contribution in [0, 0.1) is 11.7 Å². The normalized spacial score (nSPS) is 25.2. The lowest BCUT2D eigenvalue weighted by molar-refractivity contribution is -0.149. The van der Waals surface area contributed by atoms with Crippen molar-refractivity contribution in [1.82, 2.24) is 25.8 Å². The smallest absolute Gasteiger partial charge is 0.252 e. The van der Waals surface area contributed by atoms with Crippen molar-refractivity contribution in [2.75, 3.05) is 26.7 Å². The molecule has 2 aromatic rings. The average Bonchev–Trinajstić information content (AvgIpc) is 3.71. The zero-order valence-electron chi connectivity index (χ0n) is 33.3. The molecule has 0 aromatic heterocycles. The van der Waals surface area contributed by atoms with Gasteiger partial charge in [0.05, 0.1) is 0 Å². The van der Waals surface area contributed by atoms with Gasteiger partial charge in [0.25, 0.3) is 5.91 Å². The lowest BCUT2D eigenvalue weighted by atomic mass is 9.84. The van der Waals surface area contributed by atoms with Crippen molar-refractivity contribution in [3.63, 3.8) is 0 Å². The summed E-state index contributed by atoms with van der Waals surface area (Å²) >= 11 is 0. The van der Waals surface area contributed by atoms with Crippen molar-refractivity contribution in [1.29, 1.82) is 0 Å². The van der Waals surface area contributed by atoms with Gasteiger partial charge in [0.2, 0.25) is 23.6 Å². The molecule has 5 rings (SSSR count). The lowest BCUT2D eigenvalue weighted by Crippen LogP contribution is -2.59. The van der Waals surface area contributed by atoms with E-state index in [0.29, 0.717) is 70.2 Å². The highest BCUT2D eigenvalue weighted by atomic mass is 19.1. The van der Waals surface area contributed by atoms with Crippen molar-refractivity contribution in [3.05, 3.63) is 71.5 Å². The SMILES string of the molecule is CCCC[C@@H]1NC(=O)[C@H](Cc2ccc(F)cc2)NC(=O)[C@@H](CC2CCCCC2)NC(=O)[C@@H]2CCCN2C(=O)[C@@H](OCCCc2ccccc2)CCCN(C)C1=O. The molecular weight excluding hydrogens is 714 g/mol. The summed E-state index contributed by atoms with van der Waals surface area (Å²) < 4.78 is 20.1. The Kier molecular flexibility index (Phi) is 16.7. The van der Waals surface area contributed by atoms with Crippen LogP contribution < -0.4 is 16.0 Å². The van der Waals surface area contributed by atoms with Crippen LogP contribution in [0.2, 0.25) is 0 Å². The molecule has 2 saturated heterocycles. The Hall–Kier alpha value is -4.32. The first-order valence-electron chi connectivity index (χ1n) is 21.0. The van der Waals surface area contributed by atoms with Crippen LogP contribution in [0.25, 0.3) is 0 Å². The van der Waals surface area contributed by atoms with Gasteiger partial charge in [0.15, 0.2) is 0 Å². The molecule has 5 atom stereocenters. The van der Waals surface area contributed by atoms with Gasteiger partial charge >= 0.3 is 0 Å². The molecule has 5 amide bonds. The molecule has 0 spiro atoms. The lowest BCUT2D eigenvalue weighted by Gasteiger charge is -2.32. The molecule has 56 heavy (non-hydrogen) atoms. The third kappa shape index (κ3) is 12.6. The van der Waals surface area contributed by atoms with Crippen LogP contribution in [-0.2, 0) is 41.6 Å². The molecule has 11 nitrogen and oxygen atoms in total. The standard InChI is InChI=1S/C44H62FN5O6/c1-3-4-19-35-43(54)49(2)26-12-21-39(56-28-13-18-31-14-7-5-8-15-31)44(55)50-27-11-20-38(50)42(53)48-37(29-32-16-9-6-10-17-32)41(52)47-36(40(51)46-35)30-33-22-24-34(45)25-23-33/h5,7-8,14-15,22-25,32,35-39H,3-4,6,9-13,16-21,26-30H2,1-2H3,(H,46,51)(H,47,52)(H,48,53)/t35-,36-,37+,38-,39-/m0/s1. The number of benzene rings is 2. The zero-order valence-corrected chi connectivity index (χ0v) is 33.3. The molecular formula is C44H62FN5O6. The molecule has 12 heteroatoms. The second kappa shape index (κ2) is 21.8. The number of hydrogen-bond acceptors (Lipinski definition) is 6. The minimum absolute atomic E-state index is 0.0596. The Morgan fingerprint density at radius 2 is 1.38 bits per heavy atom. The summed E-state index contributed by atoms with van der Waals surface area (Å²) in [5, 5.41) is 8.90. The van der Waals surface area contributed by atoms with Crippen LogP contribution in [-0.4, -0.2) is 96.4 Å². The Labute approximate surface area is 331 Å². The molecule has 2 aliphatic heterocycles. The van der Waals surface area contributed by atoms with Gasteiger partial charge in [0.1, 0.15) is 36.1 Å². The summed E-state index contributed by atoms with van der Waals surface area (Å²) in [4.78, 5) is 74.0. The van der Waals surface area contributed by atoms with E-state index in [2.05, 4.69) is 28.1 Å². The number of aryl methyl sites for hydroxylation is 1. The summed E-state index contributed by atoms with van der Waals surface area (Å²) in [7, 11) is 1.69. The van der Waals surface area contributed by atoms with E-state index >= 15 is 0 Å². The van der Waals surface area contributed by atoms with E-state index in [9.17, 15) is 28.4 Å². The molecule has 1 aliphatic carbocycles. The molecule has 3 fully saturated rings. The first-order valence-corrected chi connectivity index (χ1v) is 21.0. The van der Waals surface area contributed by atoms with Crippen LogP contribution in [0.4, 0.5) is 4.39 Å². The number of nitrogens with zero attached hydrogens (tertiary/aromatic N) is 2. The van der Waals surface area contributed by atoms with Crippen molar-refractivity contribution >= 4 is 29.5 Å². The van der Waals surface area contributed by atoms with Crippen molar-refractivity contribution < 1.29 is 33.1 Å². The van der Waals surface area contributed by atoms with Gasteiger partial charge < -0.3 is 30.5 Å². The van der Waals surface area contributed by atoms with Gasteiger partial charge in [-0.2, -0.15) is 0 Å². The topological polar surface area (TPSA) is 137 Å². The van der Waals surface area contributed by atoms with E-state index in [0.717, 1.165) is 51.4 Å². The molecule has 306 valence electrons. The summed E-state index contributed by atoms with van der Waals surface area (Å²) in [5.41, 5.74) is 1.81. The molecule has 0 radical (unpaired) electrons. The third-order valence-electron chi connectivity index (χ3n) is 11.6. The average molecular weight is 776 g/mol. The Balaban J connectivity index is 1.42. The number of hydrogen-bond donors (Lipinski definition) is 3. The Morgan fingerprint density at radius 3 is 2.11 bits per heavy atom. The largest absolute Gasteiger partial charge is 0.368 e. The molecule has 2 heterocycles. The van der Waals surface area contributed by atoms with Gasteiger partial charge in [-0.15, -0.1) is 0 Å². The van der Waals surface area contributed by atoms with E-state index in [1.165, 1.54) is 17.7 Å². The van der Waals surface area contributed by atoms with Gasteiger partial charge in [0, 0.05) is 33.2 Å². The van der Waals surface area contributed by atoms with Gasteiger partial charge in [-0.05, 0) is 80.5 Å². The summed E-state index contributed by atoms with van der Waals surface area (Å²) in [6, 6.07) is 12.2. The number of carbonyl (C=O) groups is 5. The van der Waals surface area contributed by atoms with Gasteiger partial charge in [-0.3, -0.25) is 24.0 Å². The summed E-state index contributed by atoms with van der Waals surface area (Å²) in [5.74, 6) is -2.13. The predicted octanol–water partition coefficient (Wildman–Crippen LogP) is 5.24. The number of carbonyl (C=O) groups excluding carboxylic acids is 5. The molecule has 2 aromatic carbocycles. The zero-order chi connectivity index (χ0) is 39.9. The first kappa shape index (κ1) is 42.8. The van der Waals surface area contributed by atoms with Crippen LogP contribution >= 0.6 is 0 Å². The highest BCUT2D eigenvalue weighted by Gasteiger charge is 2.40. The maximum absolute atomic E-state index is 14.3. The molecule has 3 N–H and O–H groups in total. The van der Waals surface area contributed by atoms with Crippen LogP contribution in [0.1, 0.15) is 108 Å². The van der Waals surface area contributed by atoms with Crippen molar-refractivity contribution in [3.8, 4) is 0 Å². The second-order valence-electron chi connectivity index (χ2n) is 15.9. The van der Waals surface area contributed by atoms with Gasteiger partial charge in [-0.25, -0.2) is 4.39 Å². The predicted molar refractivity (Wildman–Crippen MR) is 213 cm³/mol. The number of halogens is 1. The molecule has 1 saturated carbocycles. The van der Waals surface area contributed by atoms with Crippen LogP contribution in [0.3, 0.4) is 0 Å². The number of likely N-dealkylation sites (N-methyl/N-ethyl adjacent to an activating group) is 1. The maximum Gasteiger partial charge on any atom is 0.252 e. The van der Waals surface area contributed by atoms with E-state index < -0.39 is 47.9 Å². The Morgan fingerprint density at radius 1 is 0.696 bits per heavy atom. The van der Waals surface area contributed by atoms with Crippen LogP contribution in [0.15, 0.2) is 54.6 Å². The number of fused-ring (bicyclic) bond motifs is 1. The highest BCUT2D eigenvalue weighted by molar-refractivity contribution is 5.96. The highest BCUT2D eigenvalue weighted by Crippen LogP contribution is 2.28. The third-order valence-corrected chi connectivity index (χ3v) is 11.6. The second-order valence-corrected chi connectivity index (χ2v) is 15.9.